The van der Waals surface area contributed by atoms with E-state index in [1.807, 2.05) is 13.8 Å². The molecule has 0 aliphatic rings. The van der Waals surface area contributed by atoms with Gasteiger partial charge in [0.15, 0.2) is 0 Å². The van der Waals surface area contributed by atoms with Crippen molar-refractivity contribution in [3.63, 3.8) is 0 Å². The molecule has 0 bridgehead atoms. The molecule has 1 aromatic carbocycles. The van der Waals surface area contributed by atoms with Crippen LogP contribution >= 0.6 is 0 Å². The van der Waals surface area contributed by atoms with Gasteiger partial charge in [-0.2, -0.15) is 0 Å². The number of nitrogens with one attached hydrogen (secondary N) is 1. The minimum atomic E-state index is -0.508. The van der Waals surface area contributed by atoms with Crippen LogP contribution in [0.25, 0.3) is 0 Å². The zero-order valence-electron chi connectivity index (χ0n) is 9.39. The summed E-state index contributed by atoms with van der Waals surface area (Å²) in [5.41, 5.74) is 0.164. The minimum Gasteiger partial charge on any atom is -0.352 e. The second-order valence-electron chi connectivity index (χ2n) is 4.11. The predicted octanol–water partition coefficient (Wildman–Crippen LogP) is 2.63. The highest BCUT2D eigenvalue weighted by atomic mass is 19.1. The summed E-state index contributed by atoms with van der Waals surface area (Å²) in [6.07, 6.45) is 0.386. The molecular formula is C12H15F2NO. The Balaban J connectivity index is 2.54. The molecule has 0 aliphatic carbocycles. The number of halogens is 2. The first-order chi connectivity index (χ1) is 7.49. The van der Waals surface area contributed by atoms with Gasteiger partial charge in [0.1, 0.15) is 11.6 Å². The van der Waals surface area contributed by atoms with E-state index in [0.29, 0.717) is 6.42 Å². The Hall–Kier alpha value is -1.45. The van der Waals surface area contributed by atoms with Crippen LogP contribution in [-0.2, 0) is 11.3 Å². The fourth-order valence-corrected chi connectivity index (χ4v) is 1.32. The van der Waals surface area contributed by atoms with E-state index < -0.39 is 11.6 Å². The molecule has 0 spiro atoms. The molecule has 0 saturated carbocycles. The maximum absolute atomic E-state index is 13.2. The third-order valence-corrected chi connectivity index (χ3v) is 2.08. The zero-order chi connectivity index (χ0) is 12.1. The normalized spacial score (nSPS) is 10.6. The second kappa shape index (κ2) is 5.58. The molecule has 2 nitrogen and oxygen atoms in total. The van der Waals surface area contributed by atoms with Crippen LogP contribution in [0.15, 0.2) is 18.2 Å². The fraction of sp³-hybridized carbons (Fsp3) is 0.417. The van der Waals surface area contributed by atoms with E-state index in [0.717, 1.165) is 18.2 Å². The largest absolute Gasteiger partial charge is 0.352 e. The molecule has 0 aliphatic heterocycles. The number of rotatable bonds is 4. The van der Waals surface area contributed by atoms with Crippen LogP contribution in [-0.4, -0.2) is 5.91 Å². The number of amides is 1. The standard InChI is InChI=1S/C12H15F2NO/c1-8(2)5-12(16)15-7-9-6-10(13)3-4-11(9)14/h3-4,6,8H,5,7H2,1-2H3,(H,15,16). The van der Waals surface area contributed by atoms with Crippen LogP contribution in [0.5, 0.6) is 0 Å². The lowest BCUT2D eigenvalue weighted by Crippen LogP contribution is -2.24. The van der Waals surface area contributed by atoms with Gasteiger partial charge >= 0.3 is 0 Å². The van der Waals surface area contributed by atoms with Crippen LogP contribution in [0.1, 0.15) is 25.8 Å². The monoisotopic (exact) mass is 227 g/mol. The third kappa shape index (κ3) is 3.96. The average molecular weight is 227 g/mol. The van der Waals surface area contributed by atoms with Gasteiger partial charge in [0, 0.05) is 18.5 Å². The van der Waals surface area contributed by atoms with Gasteiger partial charge in [-0.1, -0.05) is 13.8 Å². The average Bonchev–Trinajstić information content (AvgIpc) is 2.18. The predicted molar refractivity (Wildman–Crippen MR) is 57.7 cm³/mol. The van der Waals surface area contributed by atoms with Crippen molar-refractivity contribution in [2.24, 2.45) is 5.92 Å². The summed E-state index contributed by atoms with van der Waals surface area (Å²) < 4.78 is 26.0. The Labute approximate surface area is 93.7 Å². The van der Waals surface area contributed by atoms with Crippen LogP contribution in [0.3, 0.4) is 0 Å². The molecule has 0 heterocycles. The summed E-state index contributed by atoms with van der Waals surface area (Å²) >= 11 is 0. The SMILES string of the molecule is CC(C)CC(=O)NCc1cc(F)ccc1F. The van der Waals surface area contributed by atoms with Gasteiger partial charge in [-0.25, -0.2) is 8.78 Å². The summed E-state index contributed by atoms with van der Waals surface area (Å²) in [5, 5.41) is 2.55. The van der Waals surface area contributed by atoms with Crippen LogP contribution < -0.4 is 5.32 Å². The second-order valence-corrected chi connectivity index (χ2v) is 4.11. The van der Waals surface area contributed by atoms with Crippen molar-refractivity contribution < 1.29 is 13.6 Å². The number of hydrogen-bond donors (Lipinski definition) is 1. The van der Waals surface area contributed by atoms with Crippen LogP contribution in [0.2, 0.25) is 0 Å². The smallest absolute Gasteiger partial charge is 0.220 e. The summed E-state index contributed by atoms with van der Waals surface area (Å²) in [6.45, 7) is 3.86. The summed E-state index contributed by atoms with van der Waals surface area (Å²) in [7, 11) is 0. The molecule has 0 atom stereocenters. The highest BCUT2D eigenvalue weighted by molar-refractivity contribution is 5.76. The molecule has 1 amide bonds. The molecule has 16 heavy (non-hydrogen) atoms. The summed E-state index contributed by atoms with van der Waals surface area (Å²) in [5.74, 6) is -0.920. The topological polar surface area (TPSA) is 29.1 Å². The number of benzene rings is 1. The minimum absolute atomic E-state index is 0.0230. The first-order valence-electron chi connectivity index (χ1n) is 5.19. The van der Waals surface area contributed by atoms with Gasteiger partial charge in [-0.15, -0.1) is 0 Å². The first-order valence-corrected chi connectivity index (χ1v) is 5.19. The van der Waals surface area contributed by atoms with E-state index in [2.05, 4.69) is 5.32 Å². The highest BCUT2D eigenvalue weighted by Crippen LogP contribution is 2.09. The van der Waals surface area contributed by atoms with Crippen LogP contribution in [0, 0.1) is 17.6 Å². The van der Waals surface area contributed by atoms with Gasteiger partial charge in [-0.3, -0.25) is 4.79 Å². The summed E-state index contributed by atoms with van der Waals surface area (Å²) in [4.78, 5) is 11.3. The van der Waals surface area contributed by atoms with Gasteiger partial charge in [0.2, 0.25) is 5.91 Å². The molecule has 0 unspecified atom stereocenters. The van der Waals surface area contributed by atoms with Gasteiger partial charge in [-0.05, 0) is 24.1 Å². The van der Waals surface area contributed by atoms with Crippen molar-refractivity contribution in [3.8, 4) is 0 Å². The number of hydrogen-bond acceptors (Lipinski definition) is 1. The molecule has 1 rings (SSSR count). The third-order valence-electron chi connectivity index (χ3n) is 2.08. The Morgan fingerprint density at radius 3 is 2.69 bits per heavy atom. The molecule has 0 saturated heterocycles. The molecule has 1 aromatic rings. The molecular weight excluding hydrogens is 212 g/mol. The van der Waals surface area contributed by atoms with E-state index in [4.69, 9.17) is 0 Å². The van der Waals surface area contributed by atoms with E-state index >= 15 is 0 Å². The van der Waals surface area contributed by atoms with Crippen molar-refractivity contribution in [3.05, 3.63) is 35.4 Å². The Morgan fingerprint density at radius 2 is 2.06 bits per heavy atom. The molecule has 1 N–H and O–H groups in total. The van der Waals surface area contributed by atoms with Crippen molar-refractivity contribution in [2.75, 3.05) is 0 Å². The molecule has 0 radical (unpaired) electrons. The Bertz CT molecular complexity index is 377. The maximum Gasteiger partial charge on any atom is 0.220 e. The maximum atomic E-state index is 13.2. The van der Waals surface area contributed by atoms with Crippen LogP contribution in [0.4, 0.5) is 8.78 Å². The molecule has 0 aromatic heterocycles. The van der Waals surface area contributed by atoms with Gasteiger partial charge in [0.25, 0.3) is 0 Å². The van der Waals surface area contributed by atoms with Gasteiger partial charge in [0.05, 0.1) is 0 Å². The van der Waals surface area contributed by atoms with E-state index in [9.17, 15) is 13.6 Å². The molecule has 4 heteroatoms. The Kier molecular flexibility index (Phi) is 4.40. The lowest BCUT2D eigenvalue weighted by molar-refractivity contribution is -0.121. The number of carbonyl (C=O) groups excluding carboxylic acids is 1. The van der Waals surface area contributed by atoms with Crippen molar-refractivity contribution >= 4 is 5.91 Å². The van der Waals surface area contributed by atoms with Crippen molar-refractivity contribution in [1.29, 1.82) is 0 Å². The lowest BCUT2D eigenvalue weighted by Gasteiger charge is -2.08. The quantitative estimate of drug-likeness (QED) is 0.841. The lowest BCUT2D eigenvalue weighted by atomic mass is 10.1. The first kappa shape index (κ1) is 12.6. The van der Waals surface area contributed by atoms with E-state index in [1.165, 1.54) is 0 Å². The highest BCUT2D eigenvalue weighted by Gasteiger charge is 2.07. The summed E-state index contributed by atoms with van der Waals surface area (Å²) in [6, 6.07) is 3.19. The number of carbonyl (C=O) groups is 1. The molecule has 88 valence electrons. The Morgan fingerprint density at radius 1 is 1.38 bits per heavy atom. The van der Waals surface area contributed by atoms with Gasteiger partial charge < -0.3 is 5.32 Å². The zero-order valence-corrected chi connectivity index (χ0v) is 9.39. The van der Waals surface area contributed by atoms with Crippen molar-refractivity contribution in [2.45, 2.75) is 26.8 Å². The van der Waals surface area contributed by atoms with E-state index in [-0.39, 0.29) is 23.9 Å². The van der Waals surface area contributed by atoms with Crippen molar-refractivity contribution in [1.82, 2.24) is 5.32 Å². The fourth-order valence-electron chi connectivity index (χ4n) is 1.32. The van der Waals surface area contributed by atoms with E-state index in [1.54, 1.807) is 0 Å². The molecule has 0 fully saturated rings.